The number of carbonyl (C=O) groups is 2. The molecule has 6 nitrogen and oxygen atoms in total. The lowest BCUT2D eigenvalue weighted by Gasteiger charge is -2.13. The van der Waals surface area contributed by atoms with Crippen LogP contribution in [0.2, 0.25) is 0 Å². The Hall–Kier alpha value is -2.54. The summed E-state index contributed by atoms with van der Waals surface area (Å²) in [5.74, 6) is 0.110. The van der Waals surface area contributed by atoms with E-state index in [1.807, 2.05) is 32.0 Å². The van der Waals surface area contributed by atoms with Gasteiger partial charge in [0, 0.05) is 4.47 Å². The Balaban J connectivity index is 1.89. The van der Waals surface area contributed by atoms with E-state index in [4.69, 9.17) is 9.47 Å². The lowest BCUT2D eigenvalue weighted by Crippen LogP contribution is -2.44. The van der Waals surface area contributed by atoms with Crippen molar-refractivity contribution in [2.24, 2.45) is 0 Å². The van der Waals surface area contributed by atoms with Gasteiger partial charge in [-0.2, -0.15) is 0 Å². The highest BCUT2D eigenvalue weighted by Crippen LogP contribution is 2.23. The number of benzene rings is 2. The number of aryl methyl sites for hydroxylation is 1. The average Bonchev–Trinajstić information content (AvgIpc) is 2.63. The molecule has 2 aromatic carbocycles. The zero-order valence-corrected chi connectivity index (χ0v) is 16.3. The zero-order chi connectivity index (χ0) is 18.9. The second-order valence-electron chi connectivity index (χ2n) is 5.60. The molecule has 0 aliphatic rings. The zero-order valence-electron chi connectivity index (χ0n) is 14.7. The fourth-order valence-electron chi connectivity index (χ4n) is 2.10. The van der Waals surface area contributed by atoms with E-state index in [1.165, 1.54) is 0 Å². The quantitative estimate of drug-likeness (QED) is 0.673. The van der Waals surface area contributed by atoms with Gasteiger partial charge in [-0.15, -0.1) is 0 Å². The van der Waals surface area contributed by atoms with Gasteiger partial charge in [0.05, 0.1) is 12.2 Å². The van der Waals surface area contributed by atoms with Crippen molar-refractivity contribution in [3.63, 3.8) is 0 Å². The molecule has 0 aliphatic heterocycles. The summed E-state index contributed by atoms with van der Waals surface area (Å²) in [4.78, 5) is 24.2. The molecule has 0 atom stereocenters. The smallest absolute Gasteiger partial charge is 0.276 e. The van der Waals surface area contributed by atoms with Crippen LogP contribution in [0.3, 0.4) is 0 Å². The van der Waals surface area contributed by atoms with Crippen molar-refractivity contribution in [2.75, 3.05) is 13.2 Å². The summed E-state index contributed by atoms with van der Waals surface area (Å²) in [5.41, 5.74) is 6.06. The Morgan fingerprint density at radius 2 is 1.88 bits per heavy atom. The summed E-state index contributed by atoms with van der Waals surface area (Å²) >= 11 is 3.33. The van der Waals surface area contributed by atoms with E-state index in [9.17, 15) is 9.59 Å². The van der Waals surface area contributed by atoms with Gasteiger partial charge in [0.2, 0.25) is 0 Å². The SMILES string of the molecule is CCCOc1ccc(Br)cc1C(=O)NNC(=O)COc1cccc(C)c1. The van der Waals surface area contributed by atoms with Crippen LogP contribution in [0, 0.1) is 6.92 Å². The summed E-state index contributed by atoms with van der Waals surface area (Å²) < 4.78 is 11.7. The topological polar surface area (TPSA) is 76.7 Å². The van der Waals surface area contributed by atoms with Crippen LogP contribution in [0.1, 0.15) is 29.3 Å². The first kappa shape index (κ1) is 19.8. The van der Waals surface area contributed by atoms with Crippen molar-refractivity contribution in [1.29, 1.82) is 0 Å². The van der Waals surface area contributed by atoms with Crippen LogP contribution in [0.4, 0.5) is 0 Å². The third-order valence-electron chi connectivity index (χ3n) is 3.32. The molecule has 7 heteroatoms. The van der Waals surface area contributed by atoms with Crippen LogP contribution >= 0.6 is 15.9 Å². The minimum atomic E-state index is -0.471. The Labute approximate surface area is 161 Å². The van der Waals surface area contributed by atoms with Gasteiger partial charge >= 0.3 is 0 Å². The summed E-state index contributed by atoms with van der Waals surface area (Å²) in [5, 5.41) is 0. The van der Waals surface area contributed by atoms with Crippen molar-refractivity contribution >= 4 is 27.7 Å². The Kier molecular flexibility index (Phi) is 7.47. The van der Waals surface area contributed by atoms with E-state index in [-0.39, 0.29) is 6.61 Å². The predicted octanol–water partition coefficient (Wildman–Crippen LogP) is 3.39. The van der Waals surface area contributed by atoms with Crippen molar-refractivity contribution in [3.8, 4) is 11.5 Å². The van der Waals surface area contributed by atoms with Crippen molar-refractivity contribution < 1.29 is 19.1 Å². The molecule has 0 aliphatic carbocycles. The number of hydrogen-bond donors (Lipinski definition) is 2. The van der Waals surface area contributed by atoms with E-state index < -0.39 is 11.8 Å². The van der Waals surface area contributed by atoms with Crippen LogP contribution in [-0.4, -0.2) is 25.0 Å². The van der Waals surface area contributed by atoms with Crippen molar-refractivity contribution in [1.82, 2.24) is 10.9 Å². The summed E-state index contributed by atoms with van der Waals surface area (Å²) in [7, 11) is 0. The Bertz CT molecular complexity index is 780. The molecule has 0 saturated heterocycles. The Morgan fingerprint density at radius 3 is 2.62 bits per heavy atom. The molecule has 2 rings (SSSR count). The Morgan fingerprint density at radius 1 is 1.08 bits per heavy atom. The highest BCUT2D eigenvalue weighted by atomic mass is 79.9. The second kappa shape index (κ2) is 9.82. The number of hydrogen-bond acceptors (Lipinski definition) is 4. The average molecular weight is 421 g/mol. The first-order valence-corrected chi connectivity index (χ1v) is 9.00. The molecule has 0 unspecified atom stereocenters. The highest BCUT2D eigenvalue weighted by molar-refractivity contribution is 9.10. The third kappa shape index (κ3) is 6.07. The number of nitrogens with one attached hydrogen (secondary N) is 2. The monoisotopic (exact) mass is 420 g/mol. The molecular weight excluding hydrogens is 400 g/mol. The van der Waals surface area contributed by atoms with Gasteiger partial charge in [0.15, 0.2) is 6.61 Å². The number of carbonyl (C=O) groups excluding carboxylic acids is 2. The molecule has 0 spiro atoms. The summed E-state index contributed by atoms with van der Waals surface area (Å²) in [6.45, 7) is 4.20. The maximum absolute atomic E-state index is 12.3. The van der Waals surface area contributed by atoms with Gasteiger partial charge < -0.3 is 9.47 Å². The maximum Gasteiger partial charge on any atom is 0.276 e. The van der Waals surface area contributed by atoms with E-state index >= 15 is 0 Å². The molecule has 2 amide bonds. The van der Waals surface area contributed by atoms with Gasteiger partial charge in [-0.3, -0.25) is 20.4 Å². The minimum absolute atomic E-state index is 0.207. The lowest BCUT2D eigenvalue weighted by atomic mass is 10.2. The first-order chi connectivity index (χ1) is 12.5. The van der Waals surface area contributed by atoms with Crippen molar-refractivity contribution in [2.45, 2.75) is 20.3 Å². The molecule has 0 heterocycles. The van der Waals surface area contributed by atoms with Gasteiger partial charge in [0.1, 0.15) is 11.5 Å². The fourth-order valence-corrected chi connectivity index (χ4v) is 2.46. The predicted molar refractivity (Wildman–Crippen MR) is 102 cm³/mol. The molecule has 0 saturated carbocycles. The van der Waals surface area contributed by atoms with Crippen LogP contribution in [0.25, 0.3) is 0 Å². The highest BCUT2D eigenvalue weighted by Gasteiger charge is 2.14. The van der Waals surface area contributed by atoms with E-state index in [0.29, 0.717) is 23.7 Å². The number of hydrazine groups is 1. The molecule has 2 N–H and O–H groups in total. The van der Waals surface area contributed by atoms with E-state index in [0.717, 1.165) is 16.5 Å². The molecular formula is C19H21BrN2O4. The number of halogens is 1. The van der Waals surface area contributed by atoms with Crippen LogP contribution in [0.15, 0.2) is 46.9 Å². The van der Waals surface area contributed by atoms with E-state index in [2.05, 4.69) is 26.8 Å². The summed E-state index contributed by atoms with van der Waals surface area (Å²) in [6, 6.07) is 12.5. The van der Waals surface area contributed by atoms with Crippen LogP contribution < -0.4 is 20.3 Å². The molecule has 0 fully saturated rings. The molecule has 0 bridgehead atoms. The fraction of sp³-hybridized carbons (Fsp3) is 0.263. The van der Waals surface area contributed by atoms with Crippen LogP contribution in [0.5, 0.6) is 11.5 Å². The lowest BCUT2D eigenvalue weighted by molar-refractivity contribution is -0.123. The van der Waals surface area contributed by atoms with Crippen LogP contribution in [-0.2, 0) is 4.79 Å². The number of amides is 2. The second-order valence-corrected chi connectivity index (χ2v) is 6.51. The molecule has 138 valence electrons. The number of rotatable bonds is 7. The normalized spacial score (nSPS) is 10.1. The van der Waals surface area contributed by atoms with Gasteiger partial charge in [-0.25, -0.2) is 0 Å². The minimum Gasteiger partial charge on any atom is -0.493 e. The number of ether oxygens (including phenoxy) is 2. The molecule has 0 aromatic heterocycles. The molecule has 0 radical (unpaired) electrons. The summed E-state index contributed by atoms with van der Waals surface area (Å²) in [6.07, 6.45) is 0.824. The standard InChI is InChI=1S/C19H21BrN2O4/c1-3-9-25-17-8-7-14(20)11-16(17)19(24)22-21-18(23)12-26-15-6-4-5-13(2)10-15/h4-8,10-11H,3,9,12H2,1-2H3,(H,21,23)(H,22,24). The van der Waals surface area contributed by atoms with Gasteiger partial charge in [0.25, 0.3) is 11.8 Å². The largest absolute Gasteiger partial charge is 0.493 e. The van der Waals surface area contributed by atoms with Gasteiger partial charge in [-0.1, -0.05) is 35.0 Å². The maximum atomic E-state index is 12.3. The third-order valence-corrected chi connectivity index (χ3v) is 3.82. The van der Waals surface area contributed by atoms with E-state index in [1.54, 1.807) is 24.3 Å². The van der Waals surface area contributed by atoms with Gasteiger partial charge in [-0.05, 0) is 49.2 Å². The molecule has 2 aromatic rings. The first-order valence-electron chi connectivity index (χ1n) is 8.20. The molecule has 26 heavy (non-hydrogen) atoms. The van der Waals surface area contributed by atoms with Crippen molar-refractivity contribution in [3.05, 3.63) is 58.1 Å².